The van der Waals surface area contributed by atoms with E-state index in [0.717, 1.165) is 16.7 Å². The Balaban J connectivity index is 2.43. The number of halogens is 3. The lowest BCUT2D eigenvalue weighted by atomic mass is 10.0. The molecule has 1 aromatic rings. The highest BCUT2D eigenvalue weighted by atomic mass is 19.4. The van der Waals surface area contributed by atoms with Gasteiger partial charge in [0.2, 0.25) is 0 Å². The van der Waals surface area contributed by atoms with Crippen molar-refractivity contribution in [2.24, 2.45) is 0 Å². The van der Waals surface area contributed by atoms with Gasteiger partial charge < -0.3 is 10.1 Å². The summed E-state index contributed by atoms with van der Waals surface area (Å²) in [6.07, 6.45) is -4.88. The Labute approximate surface area is 118 Å². The predicted molar refractivity (Wildman–Crippen MR) is 73.8 cm³/mol. The van der Waals surface area contributed by atoms with Crippen molar-refractivity contribution in [2.45, 2.75) is 38.9 Å². The molecule has 0 saturated heterocycles. The van der Waals surface area contributed by atoms with Crippen LogP contribution in [0.2, 0.25) is 0 Å². The fourth-order valence-corrected chi connectivity index (χ4v) is 2.13. The van der Waals surface area contributed by atoms with E-state index in [1.165, 1.54) is 0 Å². The number of nitrogens with one attached hydrogen (secondary N) is 1. The Morgan fingerprint density at radius 2 is 1.75 bits per heavy atom. The molecule has 5 heteroatoms. The molecule has 0 aromatic heterocycles. The number of aryl methyl sites for hydroxylation is 2. The van der Waals surface area contributed by atoms with Gasteiger partial charge in [0.1, 0.15) is 0 Å². The Morgan fingerprint density at radius 3 is 2.25 bits per heavy atom. The molecule has 0 amide bonds. The fraction of sp³-hybridized carbons (Fsp3) is 0.600. The second-order valence-corrected chi connectivity index (χ2v) is 5.06. The van der Waals surface area contributed by atoms with Gasteiger partial charge in [-0.15, -0.1) is 0 Å². The molecule has 1 unspecified atom stereocenters. The van der Waals surface area contributed by atoms with E-state index in [1.54, 1.807) is 0 Å². The number of rotatable bonds is 7. The minimum Gasteiger partial charge on any atom is -0.379 e. The summed E-state index contributed by atoms with van der Waals surface area (Å²) in [7, 11) is 1.82. The molecule has 0 saturated carbocycles. The van der Waals surface area contributed by atoms with Crippen molar-refractivity contribution in [3.05, 3.63) is 34.9 Å². The molecule has 2 nitrogen and oxygen atoms in total. The van der Waals surface area contributed by atoms with Gasteiger partial charge in [-0.2, -0.15) is 13.2 Å². The zero-order chi connectivity index (χ0) is 15.2. The van der Waals surface area contributed by atoms with E-state index in [0.29, 0.717) is 6.61 Å². The quantitative estimate of drug-likeness (QED) is 0.768. The maximum Gasteiger partial charge on any atom is 0.389 e. The molecular weight excluding hydrogens is 267 g/mol. The predicted octanol–water partition coefficient (Wildman–Crippen LogP) is 3.92. The highest BCUT2D eigenvalue weighted by Gasteiger charge is 2.26. The van der Waals surface area contributed by atoms with Crippen LogP contribution in [-0.4, -0.2) is 26.4 Å². The summed E-state index contributed by atoms with van der Waals surface area (Å²) in [5.74, 6) is 0. The first kappa shape index (κ1) is 17.0. The van der Waals surface area contributed by atoms with Crippen molar-refractivity contribution < 1.29 is 17.9 Å². The standard InChI is InChI=1S/C15H22F3NO/c1-11-7-12(2)9-13(8-11)14(19-3)10-20-6-4-5-15(16,17)18/h7-9,14,19H,4-6,10H2,1-3H3. The summed E-state index contributed by atoms with van der Waals surface area (Å²) in [6.45, 7) is 4.54. The van der Waals surface area contributed by atoms with Crippen LogP contribution in [0.15, 0.2) is 18.2 Å². The van der Waals surface area contributed by atoms with Gasteiger partial charge in [-0.05, 0) is 32.9 Å². The minimum absolute atomic E-state index is 0.000475. The van der Waals surface area contributed by atoms with Crippen LogP contribution < -0.4 is 5.32 Å². The average molecular weight is 289 g/mol. The van der Waals surface area contributed by atoms with Crippen molar-refractivity contribution in [3.63, 3.8) is 0 Å². The molecule has 0 bridgehead atoms. The van der Waals surface area contributed by atoms with Crippen LogP contribution in [0.25, 0.3) is 0 Å². The van der Waals surface area contributed by atoms with Gasteiger partial charge in [-0.25, -0.2) is 0 Å². The number of hydrogen-bond acceptors (Lipinski definition) is 2. The first-order chi connectivity index (χ1) is 9.31. The molecule has 0 fully saturated rings. The third-order valence-corrected chi connectivity index (χ3v) is 3.03. The van der Waals surface area contributed by atoms with Gasteiger partial charge in [0.15, 0.2) is 0 Å². The SMILES string of the molecule is CNC(COCCCC(F)(F)F)c1cc(C)cc(C)c1. The van der Waals surface area contributed by atoms with E-state index < -0.39 is 12.6 Å². The van der Waals surface area contributed by atoms with Crippen molar-refractivity contribution in [2.75, 3.05) is 20.3 Å². The number of alkyl halides is 3. The average Bonchev–Trinajstić information content (AvgIpc) is 2.31. The van der Waals surface area contributed by atoms with Gasteiger partial charge in [-0.1, -0.05) is 29.3 Å². The Hall–Kier alpha value is -1.07. The molecule has 0 spiro atoms. The van der Waals surface area contributed by atoms with Crippen molar-refractivity contribution in [1.29, 1.82) is 0 Å². The zero-order valence-electron chi connectivity index (χ0n) is 12.2. The molecule has 1 N–H and O–H groups in total. The highest BCUT2D eigenvalue weighted by molar-refractivity contribution is 5.30. The largest absolute Gasteiger partial charge is 0.389 e. The molecule has 114 valence electrons. The maximum absolute atomic E-state index is 12.0. The van der Waals surface area contributed by atoms with Crippen LogP contribution >= 0.6 is 0 Å². The Kier molecular flexibility index (Phi) is 6.49. The summed E-state index contributed by atoms with van der Waals surface area (Å²) in [6, 6.07) is 6.21. The van der Waals surface area contributed by atoms with Gasteiger partial charge in [0.05, 0.1) is 12.6 Å². The highest BCUT2D eigenvalue weighted by Crippen LogP contribution is 2.21. The van der Waals surface area contributed by atoms with Crippen molar-refractivity contribution >= 4 is 0 Å². The third kappa shape index (κ3) is 6.39. The summed E-state index contributed by atoms with van der Waals surface area (Å²) in [5.41, 5.74) is 3.43. The van der Waals surface area contributed by atoms with Gasteiger partial charge in [0, 0.05) is 13.0 Å². The van der Waals surface area contributed by atoms with Gasteiger partial charge in [-0.3, -0.25) is 0 Å². The lowest BCUT2D eigenvalue weighted by Crippen LogP contribution is -2.22. The first-order valence-corrected chi connectivity index (χ1v) is 6.72. The summed E-state index contributed by atoms with van der Waals surface area (Å²) < 4.78 is 41.3. The Bertz CT molecular complexity index is 398. The first-order valence-electron chi connectivity index (χ1n) is 6.72. The van der Waals surface area contributed by atoms with Crippen molar-refractivity contribution in [1.82, 2.24) is 5.32 Å². The number of hydrogen-bond donors (Lipinski definition) is 1. The van der Waals surface area contributed by atoms with E-state index in [4.69, 9.17) is 4.74 Å². The van der Waals surface area contributed by atoms with E-state index in [9.17, 15) is 13.2 Å². The second kappa shape index (κ2) is 7.64. The topological polar surface area (TPSA) is 21.3 Å². The monoisotopic (exact) mass is 289 g/mol. The lowest BCUT2D eigenvalue weighted by molar-refractivity contribution is -0.138. The summed E-state index contributed by atoms with van der Waals surface area (Å²) in [5, 5.41) is 3.13. The number of benzene rings is 1. The molecule has 1 aromatic carbocycles. The zero-order valence-corrected chi connectivity index (χ0v) is 12.2. The van der Waals surface area contributed by atoms with E-state index in [2.05, 4.69) is 23.5 Å². The fourth-order valence-electron chi connectivity index (χ4n) is 2.13. The minimum atomic E-state index is -4.10. The second-order valence-electron chi connectivity index (χ2n) is 5.06. The molecule has 1 rings (SSSR count). The Morgan fingerprint density at radius 1 is 1.15 bits per heavy atom. The molecule has 0 radical (unpaired) electrons. The molecule has 0 aliphatic carbocycles. The maximum atomic E-state index is 12.0. The van der Waals surface area contributed by atoms with Crippen LogP contribution in [0.3, 0.4) is 0 Å². The van der Waals surface area contributed by atoms with Crippen LogP contribution in [0.4, 0.5) is 13.2 Å². The summed E-state index contributed by atoms with van der Waals surface area (Å²) in [4.78, 5) is 0. The molecule has 1 atom stereocenters. The van der Waals surface area contributed by atoms with E-state index >= 15 is 0 Å². The molecule has 20 heavy (non-hydrogen) atoms. The number of likely N-dealkylation sites (N-methyl/N-ethyl adjacent to an activating group) is 1. The summed E-state index contributed by atoms with van der Waals surface area (Å²) >= 11 is 0. The van der Waals surface area contributed by atoms with Gasteiger partial charge in [0.25, 0.3) is 0 Å². The molecular formula is C15H22F3NO. The van der Waals surface area contributed by atoms with E-state index in [1.807, 2.05) is 20.9 Å². The van der Waals surface area contributed by atoms with Crippen LogP contribution in [0.1, 0.15) is 35.6 Å². The van der Waals surface area contributed by atoms with Crippen molar-refractivity contribution in [3.8, 4) is 0 Å². The van der Waals surface area contributed by atoms with Gasteiger partial charge >= 0.3 is 6.18 Å². The van der Waals surface area contributed by atoms with Crippen LogP contribution in [0.5, 0.6) is 0 Å². The lowest BCUT2D eigenvalue weighted by Gasteiger charge is -2.18. The number of ether oxygens (including phenoxy) is 1. The van der Waals surface area contributed by atoms with Crippen LogP contribution in [-0.2, 0) is 4.74 Å². The van der Waals surface area contributed by atoms with E-state index in [-0.39, 0.29) is 19.1 Å². The normalized spacial score (nSPS) is 13.5. The molecule has 0 heterocycles. The van der Waals surface area contributed by atoms with Crippen LogP contribution in [0, 0.1) is 13.8 Å². The molecule has 0 aliphatic heterocycles. The smallest absolute Gasteiger partial charge is 0.379 e. The molecule has 0 aliphatic rings. The third-order valence-electron chi connectivity index (χ3n) is 3.03.